The third-order valence-corrected chi connectivity index (χ3v) is 2.49. The molecule has 0 N–H and O–H groups in total. The van der Waals surface area contributed by atoms with Crippen molar-refractivity contribution in [1.82, 2.24) is 0 Å². The highest BCUT2D eigenvalue weighted by Gasteiger charge is 2.25. The van der Waals surface area contributed by atoms with Crippen molar-refractivity contribution in [2.45, 2.75) is 13.0 Å². The van der Waals surface area contributed by atoms with E-state index in [-0.39, 0.29) is 36.3 Å². The topological polar surface area (TPSA) is 91.2 Å². The molecule has 1 aromatic carbocycles. The lowest BCUT2D eigenvalue weighted by Crippen LogP contribution is -2.09. The van der Waals surface area contributed by atoms with E-state index in [1.165, 1.54) is 18.2 Å². The summed E-state index contributed by atoms with van der Waals surface area (Å²) in [5, 5.41) is 10.9. The lowest BCUT2D eigenvalue weighted by atomic mass is 10.2. The van der Waals surface area contributed by atoms with Crippen LogP contribution in [0, 0.1) is 10.1 Å². The van der Waals surface area contributed by atoms with Crippen molar-refractivity contribution in [3.05, 3.63) is 33.9 Å². The van der Waals surface area contributed by atoms with Crippen molar-refractivity contribution in [3.8, 4) is 5.75 Å². The van der Waals surface area contributed by atoms with E-state index in [9.17, 15) is 14.9 Å². The van der Waals surface area contributed by atoms with E-state index in [1.54, 1.807) is 6.92 Å². The van der Waals surface area contributed by atoms with E-state index < -0.39 is 10.9 Å². The molecule has 1 aromatic rings. The van der Waals surface area contributed by atoms with Crippen LogP contribution in [0.5, 0.6) is 5.75 Å². The van der Waals surface area contributed by atoms with Crippen molar-refractivity contribution in [2.75, 3.05) is 19.8 Å². The van der Waals surface area contributed by atoms with E-state index in [2.05, 4.69) is 0 Å². The number of epoxide rings is 1. The van der Waals surface area contributed by atoms with Crippen LogP contribution in [0.3, 0.4) is 0 Å². The maximum Gasteiger partial charge on any atom is 0.338 e. The van der Waals surface area contributed by atoms with Crippen molar-refractivity contribution < 1.29 is 23.9 Å². The molecule has 1 fully saturated rings. The summed E-state index contributed by atoms with van der Waals surface area (Å²) in [5.74, 6) is -0.490. The third kappa shape index (κ3) is 3.41. The predicted molar refractivity (Wildman–Crippen MR) is 64.3 cm³/mol. The molecule has 102 valence electrons. The number of hydrogen-bond acceptors (Lipinski definition) is 6. The lowest BCUT2D eigenvalue weighted by Gasteiger charge is -2.07. The number of nitro groups is 1. The quantitative estimate of drug-likeness (QED) is 0.336. The normalized spacial score (nSPS) is 16.8. The Balaban J connectivity index is 2.20. The number of esters is 1. The van der Waals surface area contributed by atoms with Crippen molar-refractivity contribution >= 4 is 11.7 Å². The molecule has 0 bridgehead atoms. The molecule has 0 saturated carbocycles. The summed E-state index contributed by atoms with van der Waals surface area (Å²) in [4.78, 5) is 21.9. The number of nitro benzene ring substituents is 1. The monoisotopic (exact) mass is 267 g/mol. The minimum Gasteiger partial charge on any atom is -0.484 e. The summed E-state index contributed by atoms with van der Waals surface area (Å²) >= 11 is 0. The molecule has 0 aliphatic carbocycles. The molecule has 0 spiro atoms. The number of carbonyl (C=O) groups is 1. The molecule has 1 saturated heterocycles. The molecular weight excluding hydrogens is 254 g/mol. The van der Waals surface area contributed by atoms with E-state index in [0.29, 0.717) is 6.61 Å². The molecule has 7 heteroatoms. The number of hydrogen-bond donors (Lipinski definition) is 0. The highest BCUT2D eigenvalue weighted by Crippen LogP contribution is 2.29. The summed E-state index contributed by atoms with van der Waals surface area (Å²) in [6, 6.07) is 3.89. The fraction of sp³-hybridized carbons (Fsp3) is 0.417. The first-order valence-electron chi connectivity index (χ1n) is 5.81. The molecule has 1 atom stereocenters. The van der Waals surface area contributed by atoms with Gasteiger partial charge in [0.2, 0.25) is 0 Å². The Morgan fingerprint density at radius 2 is 2.32 bits per heavy atom. The van der Waals surface area contributed by atoms with Gasteiger partial charge in [-0.15, -0.1) is 0 Å². The highest BCUT2D eigenvalue weighted by atomic mass is 16.6. The summed E-state index contributed by atoms with van der Waals surface area (Å²) in [6.07, 6.45) is -0.0224. The molecular formula is C12H13NO6. The van der Waals surface area contributed by atoms with Crippen LogP contribution in [0.4, 0.5) is 5.69 Å². The summed E-state index contributed by atoms with van der Waals surface area (Å²) in [6.45, 7) is 2.74. The van der Waals surface area contributed by atoms with Crippen LogP contribution in [-0.2, 0) is 9.47 Å². The molecule has 0 radical (unpaired) electrons. The van der Waals surface area contributed by atoms with Crippen LogP contribution in [0.15, 0.2) is 18.2 Å². The van der Waals surface area contributed by atoms with Gasteiger partial charge in [0, 0.05) is 12.1 Å². The average molecular weight is 267 g/mol. The molecule has 0 aromatic heterocycles. The van der Waals surface area contributed by atoms with Crippen LogP contribution in [0.1, 0.15) is 17.3 Å². The second-order valence-corrected chi connectivity index (χ2v) is 3.93. The predicted octanol–water partition coefficient (Wildman–Crippen LogP) is 1.55. The van der Waals surface area contributed by atoms with Crippen LogP contribution in [-0.4, -0.2) is 36.8 Å². The minimum atomic E-state index is -0.558. The molecule has 1 aliphatic heterocycles. The van der Waals surface area contributed by atoms with Crippen LogP contribution in [0.25, 0.3) is 0 Å². The van der Waals surface area contributed by atoms with Gasteiger partial charge in [0.05, 0.1) is 23.7 Å². The van der Waals surface area contributed by atoms with Gasteiger partial charge in [0.25, 0.3) is 0 Å². The Bertz CT molecular complexity index is 497. The first-order chi connectivity index (χ1) is 9.11. The van der Waals surface area contributed by atoms with Crippen LogP contribution >= 0.6 is 0 Å². The zero-order valence-corrected chi connectivity index (χ0v) is 10.3. The summed E-state index contributed by atoms with van der Waals surface area (Å²) in [5.41, 5.74) is 0.0351. The van der Waals surface area contributed by atoms with Crippen molar-refractivity contribution in [3.63, 3.8) is 0 Å². The van der Waals surface area contributed by atoms with Gasteiger partial charge in [-0.05, 0) is 13.0 Å². The smallest absolute Gasteiger partial charge is 0.338 e. The Hall–Kier alpha value is -2.15. The Morgan fingerprint density at radius 1 is 1.58 bits per heavy atom. The van der Waals surface area contributed by atoms with E-state index in [4.69, 9.17) is 14.2 Å². The first-order valence-corrected chi connectivity index (χ1v) is 5.81. The molecule has 1 heterocycles. The average Bonchev–Trinajstić information content (AvgIpc) is 3.20. The number of ether oxygens (including phenoxy) is 3. The molecule has 2 rings (SSSR count). The maximum atomic E-state index is 11.6. The second-order valence-electron chi connectivity index (χ2n) is 3.93. The van der Waals surface area contributed by atoms with Crippen molar-refractivity contribution in [2.24, 2.45) is 0 Å². The molecule has 1 aliphatic rings. The minimum absolute atomic E-state index is 0.0224. The largest absolute Gasteiger partial charge is 0.484 e. The fourth-order valence-electron chi connectivity index (χ4n) is 1.47. The van der Waals surface area contributed by atoms with Gasteiger partial charge in [0.1, 0.15) is 12.7 Å². The molecule has 19 heavy (non-hydrogen) atoms. The van der Waals surface area contributed by atoms with Crippen LogP contribution < -0.4 is 4.74 Å². The number of rotatable bonds is 6. The van der Waals surface area contributed by atoms with E-state index >= 15 is 0 Å². The molecule has 1 unspecified atom stereocenters. The zero-order chi connectivity index (χ0) is 13.8. The van der Waals surface area contributed by atoms with E-state index in [1.807, 2.05) is 0 Å². The van der Waals surface area contributed by atoms with Gasteiger partial charge >= 0.3 is 11.7 Å². The van der Waals surface area contributed by atoms with Gasteiger partial charge in [-0.3, -0.25) is 10.1 Å². The van der Waals surface area contributed by atoms with E-state index in [0.717, 1.165) is 0 Å². The number of benzene rings is 1. The van der Waals surface area contributed by atoms with Gasteiger partial charge < -0.3 is 14.2 Å². The number of nitrogens with zero attached hydrogens (tertiary/aromatic N) is 1. The molecule has 7 nitrogen and oxygen atoms in total. The zero-order valence-electron chi connectivity index (χ0n) is 10.3. The van der Waals surface area contributed by atoms with Gasteiger partial charge in [-0.2, -0.15) is 0 Å². The maximum absolute atomic E-state index is 11.6. The van der Waals surface area contributed by atoms with Gasteiger partial charge in [-0.25, -0.2) is 4.79 Å². The summed E-state index contributed by atoms with van der Waals surface area (Å²) in [7, 11) is 0. The Labute approximate surface area is 109 Å². The highest BCUT2D eigenvalue weighted by molar-refractivity contribution is 5.90. The molecule has 0 amide bonds. The fourth-order valence-corrected chi connectivity index (χ4v) is 1.47. The first kappa shape index (κ1) is 13.3. The van der Waals surface area contributed by atoms with Crippen molar-refractivity contribution in [1.29, 1.82) is 0 Å². The third-order valence-electron chi connectivity index (χ3n) is 2.49. The number of carbonyl (C=O) groups excluding carboxylic acids is 1. The van der Waals surface area contributed by atoms with Gasteiger partial charge in [0.15, 0.2) is 5.75 Å². The van der Waals surface area contributed by atoms with Crippen LogP contribution in [0.2, 0.25) is 0 Å². The summed E-state index contributed by atoms with van der Waals surface area (Å²) < 4.78 is 15.1. The Kier molecular flexibility index (Phi) is 3.96. The Morgan fingerprint density at radius 3 is 2.89 bits per heavy atom. The lowest BCUT2D eigenvalue weighted by molar-refractivity contribution is -0.385. The second kappa shape index (κ2) is 5.66. The van der Waals surface area contributed by atoms with Gasteiger partial charge in [-0.1, -0.05) is 0 Å². The SMILES string of the molecule is CCOC(=O)c1ccc([N+](=O)[O-])c(OCC2CO2)c1. The standard InChI is InChI=1S/C12H13NO6/c1-2-17-12(14)8-3-4-10(13(15)16)11(5-8)19-7-9-6-18-9/h3-5,9H,2,6-7H2,1H3.